The van der Waals surface area contributed by atoms with Gasteiger partial charge in [0.05, 0.1) is 12.7 Å². The van der Waals surface area contributed by atoms with Crippen LogP contribution in [0.1, 0.15) is 31.8 Å². The van der Waals surface area contributed by atoms with Crippen molar-refractivity contribution < 1.29 is 14.3 Å². The lowest BCUT2D eigenvalue weighted by molar-refractivity contribution is 0.0600. The van der Waals surface area contributed by atoms with Crippen molar-refractivity contribution in [2.24, 2.45) is 0 Å². The van der Waals surface area contributed by atoms with Crippen LogP contribution in [0.4, 0.5) is 5.69 Å². The lowest BCUT2D eigenvalue weighted by atomic mass is 10.1. The van der Waals surface area contributed by atoms with Crippen molar-refractivity contribution in [3.63, 3.8) is 0 Å². The molecular formula is C17H17NO3. The summed E-state index contributed by atoms with van der Waals surface area (Å²) in [5.41, 5.74) is 3.77. The minimum Gasteiger partial charge on any atom is -0.465 e. The minimum absolute atomic E-state index is 0.260. The van der Waals surface area contributed by atoms with E-state index in [1.165, 1.54) is 18.7 Å². The lowest BCUT2D eigenvalue weighted by Crippen LogP contribution is -2.13. The van der Waals surface area contributed by atoms with Gasteiger partial charge in [0.25, 0.3) is 5.91 Å². The van der Waals surface area contributed by atoms with E-state index in [-0.39, 0.29) is 5.91 Å². The van der Waals surface area contributed by atoms with Crippen LogP contribution in [0.5, 0.6) is 0 Å². The summed E-state index contributed by atoms with van der Waals surface area (Å²) in [6.07, 6.45) is 0. The van der Waals surface area contributed by atoms with Crippen molar-refractivity contribution in [3.8, 4) is 0 Å². The van der Waals surface area contributed by atoms with Crippen LogP contribution in [-0.4, -0.2) is 19.0 Å². The third kappa shape index (κ3) is 3.48. The van der Waals surface area contributed by atoms with E-state index in [0.717, 1.165) is 11.3 Å². The van der Waals surface area contributed by atoms with Gasteiger partial charge in [0, 0.05) is 11.3 Å². The molecule has 1 amide bonds. The second-order valence-corrected chi connectivity index (χ2v) is 4.83. The Hall–Kier alpha value is -2.62. The van der Waals surface area contributed by atoms with Gasteiger partial charge in [0.2, 0.25) is 0 Å². The molecule has 0 aromatic heterocycles. The average molecular weight is 283 g/mol. The predicted octanol–water partition coefficient (Wildman–Crippen LogP) is 3.34. The number of carbonyl (C=O) groups excluding carboxylic acids is 2. The maximum Gasteiger partial charge on any atom is 0.337 e. The third-order valence-corrected chi connectivity index (χ3v) is 3.31. The zero-order valence-corrected chi connectivity index (χ0v) is 12.3. The number of hydrogen-bond acceptors (Lipinski definition) is 3. The molecule has 0 atom stereocenters. The Morgan fingerprint density at radius 1 is 0.952 bits per heavy atom. The zero-order chi connectivity index (χ0) is 15.4. The summed E-state index contributed by atoms with van der Waals surface area (Å²) in [6.45, 7) is 4.00. The average Bonchev–Trinajstić information content (AvgIpc) is 2.50. The number of aryl methyl sites for hydroxylation is 2. The Labute approximate surface area is 123 Å². The number of nitrogens with one attached hydrogen (secondary N) is 1. The number of benzene rings is 2. The zero-order valence-electron chi connectivity index (χ0n) is 12.3. The Kier molecular flexibility index (Phi) is 4.38. The SMILES string of the molecule is COC(=O)c1cccc(C(=O)Nc2ccc(C)c(C)c2)c1. The topological polar surface area (TPSA) is 55.4 Å². The van der Waals surface area contributed by atoms with E-state index in [1.807, 2.05) is 32.0 Å². The highest BCUT2D eigenvalue weighted by Crippen LogP contribution is 2.16. The maximum absolute atomic E-state index is 12.2. The summed E-state index contributed by atoms with van der Waals surface area (Å²) in [7, 11) is 1.31. The van der Waals surface area contributed by atoms with E-state index in [4.69, 9.17) is 0 Å². The molecule has 0 radical (unpaired) electrons. The van der Waals surface area contributed by atoms with Crippen molar-refractivity contribution in [2.45, 2.75) is 13.8 Å². The molecule has 0 heterocycles. The molecule has 1 N–H and O–H groups in total. The Bertz CT molecular complexity index is 692. The minimum atomic E-state index is -0.462. The van der Waals surface area contributed by atoms with Gasteiger partial charge in [-0.05, 0) is 55.3 Å². The number of hydrogen-bond donors (Lipinski definition) is 1. The molecule has 2 aromatic carbocycles. The van der Waals surface area contributed by atoms with Gasteiger partial charge in [-0.15, -0.1) is 0 Å². The highest BCUT2D eigenvalue weighted by molar-refractivity contribution is 6.05. The molecule has 0 aliphatic rings. The van der Waals surface area contributed by atoms with E-state index in [2.05, 4.69) is 10.1 Å². The van der Waals surface area contributed by atoms with E-state index in [0.29, 0.717) is 11.1 Å². The monoisotopic (exact) mass is 283 g/mol. The van der Waals surface area contributed by atoms with E-state index >= 15 is 0 Å². The Balaban J connectivity index is 2.20. The van der Waals surface area contributed by atoms with Gasteiger partial charge in [-0.3, -0.25) is 4.79 Å². The smallest absolute Gasteiger partial charge is 0.337 e. The van der Waals surface area contributed by atoms with Crippen molar-refractivity contribution in [1.29, 1.82) is 0 Å². The first-order chi connectivity index (χ1) is 10.0. The summed E-state index contributed by atoms with van der Waals surface area (Å²) in [4.78, 5) is 23.7. The number of carbonyl (C=O) groups is 2. The van der Waals surface area contributed by atoms with Crippen molar-refractivity contribution in [1.82, 2.24) is 0 Å². The summed E-state index contributed by atoms with van der Waals surface area (Å²) in [6, 6.07) is 12.2. The molecule has 2 rings (SSSR count). The molecule has 0 spiro atoms. The molecule has 0 aliphatic heterocycles. The highest BCUT2D eigenvalue weighted by Gasteiger charge is 2.11. The molecule has 0 aliphatic carbocycles. The quantitative estimate of drug-likeness (QED) is 0.879. The van der Waals surface area contributed by atoms with Crippen LogP contribution < -0.4 is 5.32 Å². The molecule has 4 nitrogen and oxygen atoms in total. The normalized spacial score (nSPS) is 10.0. The lowest BCUT2D eigenvalue weighted by Gasteiger charge is -2.08. The standard InChI is InChI=1S/C17H17NO3/c1-11-7-8-15(9-12(11)2)18-16(19)13-5-4-6-14(10-13)17(20)21-3/h4-10H,1-3H3,(H,18,19). The molecule has 0 bridgehead atoms. The number of anilines is 1. The largest absolute Gasteiger partial charge is 0.465 e. The number of amides is 1. The van der Waals surface area contributed by atoms with Crippen molar-refractivity contribution in [2.75, 3.05) is 12.4 Å². The summed E-state index contributed by atoms with van der Waals surface area (Å²) < 4.78 is 4.65. The molecule has 4 heteroatoms. The third-order valence-electron chi connectivity index (χ3n) is 3.31. The molecule has 0 saturated carbocycles. The molecular weight excluding hydrogens is 266 g/mol. The highest BCUT2D eigenvalue weighted by atomic mass is 16.5. The van der Waals surface area contributed by atoms with Crippen LogP contribution in [-0.2, 0) is 4.74 Å². The fourth-order valence-corrected chi connectivity index (χ4v) is 1.93. The number of rotatable bonds is 3. The first-order valence-corrected chi connectivity index (χ1v) is 6.58. The number of methoxy groups -OCH3 is 1. The second-order valence-electron chi connectivity index (χ2n) is 4.83. The molecule has 2 aromatic rings. The first-order valence-electron chi connectivity index (χ1n) is 6.58. The summed E-state index contributed by atoms with van der Waals surface area (Å²) in [5, 5.41) is 2.82. The summed E-state index contributed by atoms with van der Waals surface area (Å²) in [5.74, 6) is -0.722. The fourth-order valence-electron chi connectivity index (χ4n) is 1.93. The number of esters is 1. The van der Waals surface area contributed by atoms with E-state index in [9.17, 15) is 9.59 Å². The summed E-state index contributed by atoms with van der Waals surface area (Å²) >= 11 is 0. The van der Waals surface area contributed by atoms with Crippen molar-refractivity contribution >= 4 is 17.6 Å². The Morgan fingerprint density at radius 2 is 1.67 bits per heavy atom. The predicted molar refractivity (Wildman–Crippen MR) is 81.7 cm³/mol. The van der Waals surface area contributed by atoms with Gasteiger partial charge in [-0.1, -0.05) is 12.1 Å². The molecule has 0 unspecified atom stereocenters. The molecule has 108 valence electrons. The Morgan fingerprint density at radius 3 is 2.33 bits per heavy atom. The number of ether oxygens (including phenoxy) is 1. The second kappa shape index (κ2) is 6.22. The fraction of sp³-hybridized carbons (Fsp3) is 0.176. The van der Waals surface area contributed by atoms with Crippen molar-refractivity contribution in [3.05, 3.63) is 64.7 Å². The van der Waals surface area contributed by atoms with Crippen LogP contribution in [0.25, 0.3) is 0 Å². The van der Waals surface area contributed by atoms with Crippen LogP contribution in [0.3, 0.4) is 0 Å². The van der Waals surface area contributed by atoms with Gasteiger partial charge < -0.3 is 10.1 Å². The van der Waals surface area contributed by atoms with E-state index < -0.39 is 5.97 Å². The van der Waals surface area contributed by atoms with Crippen LogP contribution in [0.2, 0.25) is 0 Å². The van der Waals surface area contributed by atoms with Crippen LogP contribution >= 0.6 is 0 Å². The van der Waals surface area contributed by atoms with Gasteiger partial charge in [0.15, 0.2) is 0 Å². The van der Waals surface area contributed by atoms with Crippen LogP contribution in [0.15, 0.2) is 42.5 Å². The molecule has 0 saturated heterocycles. The van der Waals surface area contributed by atoms with Gasteiger partial charge in [-0.25, -0.2) is 4.79 Å². The van der Waals surface area contributed by atoms with E-state index in [1.54, 1.807) is 18.2 Å². The van der Waals surface area contributed by atoms with Gasteiger partial charge in [0.1, 0.15) is 0 Å². The first kappa shape index (κ1) is 14.8. The maximum atomic E-state index is 12.2. The molecule has 0 fully saturated rings. The van der Waals surface area contributed by atoms with Crippen LogP contribution in [0, 0.1) is 13.8 Å². The van der Waals surface area contributed by atoms with Gasteiger partial charge in [-0.2, -0.15) is 0 Å². The molecule has 21 heavy (non-hydrogen) atoms. The van der Waals surface area contributed by atoms with Gasteiger partial charge >= 0.3 is 5.97 Å².